The predicted octanol–water partition coefficient (Wildman–Crippen LogP) is 1.64. The van der Waals surface area contributed by atoms with Crippen LogP contribution in [-0.2, 0) is 4.79 Å². The lowest BCUT2D eigenvalue weighted by Crippen LogP contribution is -2.47. The van der Waals surface area contributed by atoms with Gasteiger partial charge in [-0.3, -0.25) is 4.79 Å². The number of carboxylic acid groups (broad SMARTS) is 1. The summed E-state index contributed by atoms with van der Waals surface area (Å²) in [5.74, 6) is -0.570. The molecule has 1 aromatic rings. The average Bonchev–Trinajstić information content (AvgIpc) is 2.52. The third kappa shape index (κ3) is 3.02. The van der Waals surface area contributed by atoms with Crippen LogP contribution in [0.1, 0.15) is 6.92 Å². The average molecular weight is 217 g/mol. The minimum Gasteiger partial charge on any atom is -0.480 e. The first-order chi connectivity index (χ1) is 6.02. The summed E-state index contributed by atoms with van der Waals surface area (Å²) in [5, 5.41) is 10.7. The lowest BCUT2D eigenvalue weighted by atomic mass is 10.1. The van der Waals surface area contributed by atoms with Crippen LogP contribution in [0.4, 0.5) is 0 Å². The van der Waals surface area contributed by atoms with Gasteiger partial charge in [-0.05, 0) is 18.4 Å². The molecule has 1 aromatic heterocycles. The molecule has 0 aliphatic heterocycles. The molecule has 1 heterocycles. The molecule has 3 nitrogen and oxygen atoms in total. The summed E-state index contributed by atoms with van der Waals surface area (Å²) in [6.07, 6.45) is 0. The second kappa shape index (κ2) is 4.13. The minimum absolute atomic E-state index is 0.392. The van der Waals surface area contributed by atoms with Crippen LogP contribution >= 0.6 is 23.1 Å². The van der Waals surface area contributed by atoms with Crippen molar-refractivity contribution < 1.29 is 9.90 Å². The molecule has 0 aliphatic rings. The number of nitrogens with two attached hydrogens (primary N) is 1. The first-order valence-corrected chi connectivity index (χ1v) is 5.57. The Bertz CT molecular complexity index is 282. The summed E-state index contributed by atoms with van der Waals surface area (Å²) in [4.78, 5) is 10.6. The zero-order valence-corrected chi connectivity index (χ0v) is 8.82. The summed E-state index contributed by atoms with van der Waals surface area (Å²) < 4.78 is 1.10. The van der Waals surface area contributed by atoms with Gasteiger partial charge in [-0.1, -0.05) is 6.07 Å². The lowest BCUT2D eigenvalue weighted by Gasteiger charge is -2.17. The first kappa shape index (κ1) is 10.6. The van der Waals surface area contributed by atoms with Crippen LogP contribution in [-0.4, -0.2) is 22.4 Å². The van der Waals surface area contributed by atoms with E-state index in [1.54, 1.807) is 11.3 Å². The van der Waals surface area contributed by atoms with Crippen LogP contribution in [0.15, 0.2) is 21.7 Å². The molecule has 13 heavy (non-hydrogen) atoms. The van der Waals surface area contributed by atoms with Crippen LogP contribution in [0.5, 0.6) is 0 Å². The van der Waals surface area contributed by atoms with E-state index in [-0.39, 0.29) is 0 Å². The molecule has 0 amide bonds. The minimum atomic E-state index is -1.14. The van der Waals surface area contributed by atoms with Crippen molar-refractivity contribution in [2.75, 3.05) is 5.75 Å². The van der Waals surface area contributed by atoms with Gasteiger partial charge in [0.05, 0.1) is 4.21 Å². The molecule has 3 N–H and O–H groups in total. The van der Waals surface area contributed by atoms with Gasteiger partial charge in [0.25, 0.3) is 0 Å². The van der Waals surface area contributed by atoms with E-state index in [1.165, 1.54) is 18.7 Å². The number of carboxylic acids is 1. The number of thioether (sulfide) groups is 1. The van der Waals surface area contributed by atoms with E-state index in [2.05, 4.69) is 0 Å². The zero-order valence-electron chi connectivity index (χ0n) is 7.19. The highest BCUT2D eigenvalue weighted by Gasteiger charge is 2.27. The quantitative estimate of drug-likeness (QED) is 0.753. The third-order valence-corrected chi connectivity index (χ3v) is 3.97. The van der Waals surface area contributed by atoms with Gasteiger partial charge in [0.1, 0.15) is 5.54 Å². The highest BCUT2D eigenvalue weighted by atomic mass is 32.2. The van der Waals surface area contributed by atoms with Gasteiger partial charge in [-0.25, -0.2) is 0 Å². The van der Waals surface area contributed by atoms with Gasteiger partial charge in [-0.15, -0.1) is 23.1 Å². The Morgan fingerprint density at radius 3 is 3.00 bits per heavy atom. The number of hydrogen-bond donors (Lipinski definition) is 2. The Kier molecular flexibility index (Phi) is 3.35. The maximum absolute atomic E-state index is 10.6. The molecule has 0 fully saturated rings. The van der Waals surface area contributed by atoms with Gasteiger partial charge in [0, 0.05) is 5.75 Å². The normalized spacial score (nSPS) is 15.2. The van der Waals surface area contributed by atoms with Gasteiger partial charge < -0.3 is 10.8 Å². The predicted molar refractivity (Wildman–Crippen MR) is 55.3 cm³/mol. The van der Waals surface area contributed by atoms with Crippen LogP contribution in [0.25, 0.3) is 0 Å². The summed E-state index contributed by atoms with van der Waals surface area (Å²) in [6, 6.07) is 3.88. The molecule has 5 heteroatoms. The summed E-state index contributed by atoms with van der Waals surface area (Å²) in [5.41, 5.74) is 4.42. The molecule has 0 bridgehead atoms. The molecule has 1 unspecified atom stereocenters. The van der Waals surface area contributed by atoms with Crippen molar-refractivity contribution in [2.24, 2.45) is 5.73 Å². The first-order valence-electron chi connectivity index (χ1n) is 3.71. The van der Waals surface area contributed by atoms with Crippen molar-refractivity contribution in [1.82, 2.24) is 0 Å². The summed E-state index contributed by atoms with van der Waals surface area (Å²) in [7, 11) is 0. The van der Waals surface area contributed by atoms with E-state index in [9.17, 15) is 4.79 Å². The highest BCUT2D eigenvalue weighted by Crippen LogP contribution is 2.25. The fourth-order valence-electron chi connectivity index (χ4n) is 0.628. The standard InChI is InChI=1S/C8H11NO2S2/c1-8(9,7(10)11)5-13-6-3-2-4-12-6/h2-4H,5,9H2,1H3,(H,10,11). The van der Waals surface area contributed by atoms with Gasteiger partial charge >= 0.3 is 5.97 Å². The molecular weight excluding hydrogens is 206 g/mol. The largest absolute Gasteiger partial charge is 0.480 e. The molecule has 1 rings (SSSR count). The van der Waals surface area contributed by atoms with E-state index in [0.29, 0.717) is 5.75 Å². The van der Waals surface area contributed by atoms with Gasteiger partial charge in [0.2, 0.25) is 0 Å². The van der Waals surface area contributed by atoms with Crippen molar-refractivity contribution in [3.8, 4) is 0 Å². The molecular formula is C8H11NO2S2. The van der Waals surface area contributed by atoms with E-state index in [4.69, 9.17) is 10.8 Å². The highest BCUT2D eigenvalue weighted by molar-refractivity contribution is 8.01. The zero-order chi connectivity index (χ0) is 9.90. The maximum Gasteiger partial charge on any atom is 0.324 e. The van der Waals surface area contributed by atoms with Crippen molar-refractivity contribution in [1.29, 1.82) is 0 Å². The van der Waals surface area contributed by atoms with Crippen molar-refractivity contribution >= 4 is 29.1 Å². The fraction of sp³-hybridized carbons (Fsp3) is 0.375. The molecule has 0 radical (unpaired) electrons. The Morgan fingerprint density at radius 2 is 2.54 bits per heavy atom. The van der Waals surface area contributed by atoms with Crippen molar-refractivity contribution in [3.63, 3.8) is 0 Å². The third-order valence-electron chi connectivity index (χ3n) is 1.50. The summed E-state index contributed by atoms with van der Waals surface area (Å²) in [6.45, 7) is 1.52. The van der Waals surface area contributed by atoms with E-state index < -0.39 is 11.5 Å². The molecule has 0 saturated carbocycles. The molecule has 0 spiro atoms. The Balaban J connectivity index is 2.47. The van der Waals surface area contributed by atoms with Gasteiger partial charge in [0.15, 0.2) is 0 Å². The Labute approximate surface area is 85.0 Å². The summed E-state index contributed by atoms with van der Waals surface area (Å²) >= 11 is 3.06. The molecule has 0 aliphatic carbocycles. The van der Waals surface area contributed by atoms with Gasteiger partial charge in [-0.2, -0.15) is 0 Å². The second-order valence-corrected chi connectivity index (χ2v) is 5.17. The molecule has 1 atom stereocenters. The lowest BCUT2D eigenvalue weighted by molar-refractivity contribution is -0.141. The van der Waals surface area contributed by atoms with E-state index in [0.717, 1.165) is 4.21 Å². The number of rotatable bonds is 4. The Morgan fingerprint density at radius 1 is 1.85 bits per heavy atom. The topological polar surface area (TPSA) is 63.3 Å². The van der Waals surface area contributed by atoms with Crippen LogP contribution < -0.4 is 5.73 Å². The van der Waals surface area contributed by atoms with Crippen molar-refractivity contribution in [3.05, 3.63) is 17.5 Å². The monoisotopic (exact) mass is 217 g/mol. The van der Waals surface area contributed by atoms with E-state index in [1.807, 2.05) is 17.5 Å². The number of hydrogen-bond acceptors (Lipinski definition) is 4. The number of carbonyl (C=O) groups is 1. The van der Waals surface area contributed by atoms with Crippen LogP contribution in [0.3, 0.4) is 0 Å². The van der Waals surface area contributed by atoms with Crippen LogP contribution in [0.2, 0.25) is 0 Å². The smallest absolute Gasteiger partial charge is 0.324 e. The second-order valence-electron chi connectivity index (χ2n) is 2.94. The Hall–Kier alpha value is -0.520. The molecule has 72 valence electrons. The van der Waals surface area contributed by atoms with Crippen LogP contribution in [0, 0.1) is 0 Å². The number of aliphatic carboxylic acids is 1. The molecule has 0 aromatic carbocycles. The number of thiophene rings is 1. The fourth-order valence-corrected chi connectivity index (χ4v) is 2.43. The SMILES string of the molecule is CC(N)(CSc1cccs1)C(=O)O. The maximum atomic E-state index is 10.6. The van der Waals surface area contributed by atoms with E-state index >= 15 is 0 Å². The molecule has 0 saturated heterocycles. The van der Waals surface area contributed by atoms with Crippen molar-refractivity contribution in [2.45, 2.75) is 16.7 Å².